The molecule has 1 aliphatic heterocycles. The standard InChI is InChI=1S/C17H24ClN3O2.ClH/c1-23-16-6-5-12(18)7-15(16)20-17(22)10-21-8-11-3-2-4-14(19)13(11)9-21;/h5-7,11,13-14H,2-4,8-10,19H2,1H3,(H,20,22);1H. The smallest absolute Gasteiger partial charge is 0.238 e. The molecule has 0 spiro atoms. The summed E-state index contributed by atoms with van der Waals surface area (Å²) in [5.41, 5.74) is 6.84. The minimum Gasteiger partial charge on any atom is -0.495 e. The van der Waals surface area contributed by atoms with E-state index in [4.69, 9.17) is 22.1 Å². The molecule has 1 aromatic carbocycles. The third-order valence-electron chi connectivity index (χ3n) is 5.03. The summed E-state index contributed by atoms with van der Waals surface area (Å²) in [6, 6.07) is 5.48. The maximum Gasteiger partial charge on any atom is 0.238 e. The first-order valence-corrected chi connectivity index (χ1v) is 8.56. The number of methoxy groups -OCH3 is 1. The molecular formula is C17H25Cl2N3O2. The van der Waals surface area contributed by atoms with Crippen LogP contribution in [0, 0.1) is 11.8 Å². The van der Waals surface area contributed by atoms with E-state index >= 15 is 0 Å². The van der Waals surface area contributed by atoms with Crippen LogP contribution in [0.3, 0.4) is 0 Å². The Balaban J connectivity index is 0.00000208. The van der Waals surface area contributed by atoms with Gasteiger partial charge >= 0.3 is 0 Å². The molecule has 134 valence electrons. The molecule has 1 amide bonds. The predicted molar refractivity (Wildman–Crippen MR) is 99.1 cm³/mol. The number of carbonyl (C=O) groups excluding carboxylic acids is 1. The van der Waals surface area contributed by atoms with E-state index in [1.807, 2.05) is 0 Å². The molecule has 1 saturated heterocycles. The van der Waals surface area contributed by atoms with Gasteiger partial charge in [-0.2, -0.15) is 0 Å². The van der Waals surface area contributed by atoms with Gasteiger partial charge in [0.15, 0.2) is 0 Å². The SMILES string of the molecule is COc1ccc(Cl)cc1NC(=O)CN1CC2CCCC(N)C2C1.Cl. The van der Waals surface area contributed by atoms with Gasteiger partial charge in [-0.05, 0) is 42.9 Å². The topological polar surface area (TPSA) is 67.6 Å². The lowest BCUT2D eigenvalue weighted by Gasteiger charge is -2.29. The molecule has 3 unspecified atom stereocenters. The Morgan fingerprint density at radius 2 is 2.21 bits per heavy atom. The zero-order valence-electron chi connectivity index (χ0n) is 13.8. The Kier molecular flexibility index (Phi) is 6.75. The van der Waals surface area contributed by atoms with Crippen molar-refractivity contribution in [3.8, 4) is 5.75 Å². The Morgan fingerprint density at radius 3 is 2.92 bits per heavy atom. The van der Waals surface area contributed by atoms with Crippen LogP contribution in [0.15, 0.2) is 18.2 Å². The van der Waals surface area contributed by atoms with Gasteiger partial charge in [0.25, 0.3) is 0 Å². The van der Waals surface area contributed by atoms with Crippen LogP contribution >= 0.6 is 24.0 Å². The number of carbonyl (C=O) groups is 1. The molecular weight excluding hydrogens is 349 g/mol. The number of fused-ring (bicyclic) bond motifs is 1. The van der Waals surface area contributed by atoms with Crippen LogP contribution in [0.2, 0.25) is 5.02 Å². The molecule has 3 atom stereocenters. The zero-order chi connectivity index (χ0) is 16.4. The Labute approximate surface area is 154 Å². The van der Waals surface area contributed by atoms with Crippen molar-refractivity contribution in [3.63, 3.8) is 0 Å². The van der Waals surface area contributed by atoms with Gasteiger partial charge in [-0.3, -0.25) is 9.69 Å². The van der Waals surface area contributed by atoms with Crippen molar-refractivity contribution in [3.05, 3.63) is 23.2 Å². The van der Waals surface area contributed by atoms with Crippen LogP contribution in [0.25, 0.3) is 0 Å². The van der Waals surface area contributed by atoms with Crippen molar-refractivity contribution in [2.45, 2.75) is 25.3 Å². The fourth-order valence-corrected chi connectivity index (χ4v) is 4.08. The summed E-state index contributed by atoms with van der Waals surface area (Å²) in [5, 5.41) is 3.47. The maximum atomic E-state index is 12.4. The molecule has 0 aromatic heterocycles. The van der Waals surface area contributed by atoms with Crippen LogP contribution < -0.4 is 15.8 Å². The van der Waals surface area contributed by atoms with Gasteiger partial charge in [0.05, 0.1) is 19.3 Å². The number of nitrogens with one attached hydrogen (secondary N) is 1. The second-order valence-corrected chi connectivity index (χ2v) is 7.04. The minimum absolute atomic E-state index is 0. The van der Waals surface area contributed by atoms with Crippen LogP contribution in [0.5, 0.6) is 5.75 Å². The molecule has 0 radical (unpaired) electrons. The average molecular weight is 374 g/mol. The monoisotopic (exact) mass is 373 g/mol. The number of rotatable bonds is 4. The van der Waals surface area contributed by atoms with E-state index < -0.39 is 0 Å². The molecule has 3 rings (SSSR count). The summed E-state index contributed by atoms with van der Waals surface area (Å²) in [4.78, 5) is 14.6. The second-order valence-electron chi connectivity index (χ2n) is 6.61. The van der Waals surface area contributed by atoms with Crippen molar-refractivity contribution in [1.29, 1.82) is 0 Å². The van der Waals surface area contributed by atoms with Crippen molar-refractivity contribution in [2.24, 2.45) is 17.6 Å². The Hall–Kier alpha value is -1.01. The second kappa shape index (κ2) is 8.39. The fourth-order valence-electron chi connectivity index (χ4n) is 3.91. The molecule has 24 heavy (non-hydrogen) atoms. The van der Waals surface area contributed by atoms with Gasteiger partial charge in [-0.1, -0.05) is 18.0 Å². The summed E-state index contributed by atoms with van der Waals surface area (Å²) in [6.07, 6.45) is 3.56. The first kappa shape index (κ1) is 19.3. The highest BCUT2D eigenvalue weighted by Crippen LogP contribution is 2.35. The van der Waals surface area contributed by atoms with E-state index in [-0.39, 0.29) is 24.4 Å². The highest BCUT2D eigenvalue weighted by atomic mass is 35.5. The van der Waals surface area contributed by atoms with Gasteiger partial charge < -0.3 is 15.8 Å². The molecule has 1 aliphatic carbocycles. The number of nitrogens with two attached hydrogens (primary N) is 1. The van der Waals surface area contributed by atoms with Gasteiger partial charge in [-0.25, -0.2) is 0 Å². The van der Waals surface area contributed by atoms with Crippen LogP contribution in [-0.2, 0) is 4.79 Å². The molecule has 5 nitrogen and oxygen atoms in total. The normalized spacial score (nSPS) is 26.4. The predicted octanol–water partition coefficient (Wildman–Crippen LogP) is 2.77. The van der Waals surface area contributed by atoms with Crippen molar-refractivity contribution in [1.82, 2.24) is 4.90 Å². The minimum atomic E-state index is -0.0437. The van der Waals surface area contributed by atoms with Crippen molar-refractivity contribution in [2.75, 3.05) is 32.1 Å². The molecule has 1 saturated carbocycles. The molecule has 3 N–H and O–H groups in total. The lowest BCUT2D eigenvalue weighted by atomic mass is 9.78. The Bertz CT molecular complexity index is 585. The third-order valence-corrected chi connectivity index (χ3v) is 5.27. The summed E-state index contributed by atoms with van der Waals surface area (Å²) in [7, 11) is 1.57. The molecule has 7 heteroatoms. The van der Waals surface area contributed by atoms with Crippen molar-refractivity contribution < 1.29 is 9.53 Å². The largest absolute Gasteiger partial charge is 0.495 e. The number of hydrogen-bond acceptors (Lipinski definition) is 4. The molecule has 0 bridgehead atoms. The van der Waals surface area contributed by atoms with Gasteiger partial charge in [0.2, 0.25) is 5.91 Å². The zero-order valence-corrected chi connectivity index (χ0v) is 15.4. The number of ether oxygens (including phenoxy) is 1. The van der Waals surface area contributed by atoms with Gasteiger partial charge in [0.1, 0.15) is 5.75 Å². The third kappa shape index (κ3) is 4.33. The van der Waals surface area contributed by atoms with Gasteiger partial charge in [0, 0.05) is 24.2 Å². The number of amides is 1. The van der Waals surface area contributed by atoms with Crippen LogP contribution in [0.1, 0.15) is 19.3 Å². The summed E-state index contributed by atoms with van der Waals surface area (Å²) in [5.74, 6) is 1.75. The van der Waals surface area contributed by atoms with E-state index in [1.54, 1.807) is 25.3 Å². The lowest BCUT2D eigenvalue weighted by molar-refractivity contribution is -0.117. The van der Waals surface area contributed by atoms with E-state index in [1.165, 1.54) is 12.8 Å². The van der Waals surface area contributed by atoms with E-state index in [9.17, 15) is 4.79 Å². The van der Waals surface area contributed by atoms with E-state index in [0.717, 1.165) is 19.5 Å². The number of benzene rings is 1. The van der Waals surface area contributed by atoms with Crippen LogP contribution in [0.4, 0.5) is 5.69 Å². The van der Waals surface area contributed by atoms with Crippen molar-refractivity contribution >= 4 is 35.6 Å². The Morgan fingerprint density at radius 1 is 1.42 bits per heavy atom. The van der Waals surface area contributed by atoms with E-state index in [0.29, 0.717) is 34.8 Å². The number of anilines is 1. The number of nitrogens with zero attached hydrogens (tertiary/aromatic N) is 1. The lowest BCUT2D eigenvalue weighted by Crippen LogP contribution is -2.38. The molecule has 2 fully saturated rings. The summed E-state index contributed by atoms with van der Waals surface area (Å²) in [6.45, 7) is 2.28. The average Bonchev–Trinajstić information content (AvgIpc) is 2.91. The first-order valence-electron chi connectivity index (χ1n) is 8.18. The van der Waals surface area contributed by atoms with E-state index in [2.05, 4.69) is 10.2 Å². The summed E-state index contributed by atoms with van der Waals surface area (Å²) < 4.78 is 5.26. The van der Waals surface area contributed by atoms with Gasteiger partial charge in [-0.15, -0.1) is 12.4 Å². The van der Waals surface area contributed by atoms with Crippen LogP contribution in [-0.4, -0.2) is 43.6 Å². The highest BCUT2D eigenvalue weighted by Gasteiger charge is 2.39. The maximum absolute atomic E-state index is 12.4. The quantitative estimate of drug-likeness (QED) is 0.851. The fraction of sp³-hybridized carbons (Fsp3) is 0.588. The first-order chi connectivity index (χ1) is 11.1. The number of hydrogen-bond donors (Lipinski definition) is 2. The number of halogens is 2. The molecule has 1 heterocycles. The number of likely N-dealkylation sites (tertiary alicyclic amines) is 1. The molecule has 2 aliphatic rings. The molecule has 1 aromatic rings. The highest BCUT2D eigenvalue weighted by molar-refractivity contribution is 6.31. The summed E-state index contributed by atoms with van der Waals surface area (Å²) >= 11 is 6.00.